The average molecular weight is 285 g/mol. The number of rotatable bonds is 3. The van der Waals surface area contributed by atoms with E-state index in [-0.39, 0.29) is 11.8 Å². The van der Waals surface area contributed by atoms with Gasteiger partial charge in [-0.1, -0.05) is 18.1 Å². The Morgan fingerprint density at radius 3 is 2.62 bits per heavy atom. The van der Waals surface area contributed by atoms with Crippen molar-refractivity contribution >= 4 is 11.6 Å². The van der Waals surface area contributed by atoms with Gasteiger partial charge in [-0.15, -0.1) is 0 Å². The van der Waals surface area contributed by atoms with Crippen LogP contribution >= 0.6 is 0 Å². The van der Waals surface area contributed by atoms with Crippen molar-refractivity contribution in [1.29, 1.82) is 0 Å². The molecule has 1 unspecified atom stereocenters. The van der Waals surface area contributed by atoms with Gasteiger partial charge >= 0.3 is 0 Å². The molecule has 1 fully saturated rings. The number of aromatic nitrogens is 2. The molecule has 1 atom stereocenters. The molecule has 1 aromatic heterocycles. The number of hydrogen-bond donors (Lipinski definition) is 0. The SMILES string of the molecule is CCc1noc(C2CC(=O)N(c3cc(C)cc(C)c3)C2)n1. The molecular weight excluding hydrogens is 266 g/mol. The number of hydrogen-bond acceptors (Lipinski definition) is 4. The summed E-state index contributed by atoms with van der Waals surface area (Å²) in [4.78, 5) is 18.5. The van der Waals surface area contributed by atoms with Gasteiger partial charge < -0.3 is 9.42 Å². The van der Waals surface area contributed by atoms with Crippen molar-refractivity contribution in [1.82, 2.24) is 10.1 Å². The number of benzene rings is 1. The minimum atomic E-state index is -0.00822. The first-order valence-electron chi connectivity index (χ1n) is 7.28. The molecule has 21 heavy (non-hydrogen) atoms. The maximum atomic E-state index is 12.3. The molecule has 2 aromatic rings. The molecule has 2 heterocycles. The summed E-state index contributed by atoms with van der Waals surface area (Å²) in [7, 11) is 0. The topological polar surface area (TPSA) is 59.2 Å². The molecule has 0 N–H and O–H groups in total. The van der Waals surface area contributed by atoms with E-state index in [2.05, 4.69) is 16.2 Å². The molecule has 1 aliphatic rings. The van der Waals surface area contributed by atoms with Crippen molar-refractivity contribution in [3.63, 3.8) is 0 Å². The van der Waals surface area contributed by atoms with E-state index in [0.29, 0.717) is 24.7 Å². The van der Waals surface area contributed by atoms with Gasteiger partial charge in [-0.2, -0.15) is 4.98 Å². The summed E-state index contributed by atoms with van der Waals surface area (Å²) in [5.74, 6) is 1.38. The fourth-order valence-corrected chi connectivity index (χ4v) is 2.81. The largest absolute Gasteiger partial charge is 0.339 e. The number of carbonyl (C=O) groups excluding carboxylic acids is 1. The number of carbonyl (C=O) groups is 1. The summed E-state index contributed by atoms with van der Waals surface area (Å²) >= 11 is 0. The Morgan fingerprint density at radius 2 is 2.00 bits per heavy atom. The maximum absolute atomic E-state index is 12.3. The molecule has 110 valence electrons. The standard InChI is InChI=1S/C16H19N3O2/c1-4-14-17-16(21-18-14)12-8-15(20)19(9-12)13-6-10(2)5-11(3)7-13/h5-7,12H,4,8-9H2,1-3H3. The van der Waals surface area contributed by atoms with Crippen LogP contribution in [0.1, 0.15) is 42.1 Å². The Morgan fingerprint density at radius 1 is 1.29 bits per heavy atom. The maximum Gasteiger partial charge on any atom is 0.232 e. The van der Waals surface area contributed by atoms with Crippen molar-refractivity contribution in [3.05, 3.63) is 41.0 Å². The van der Waals surface area contributed by atoms with E-state index >= 15 is 0 Å². The number of aryl methyl sites for hydroxylation is 3. The normalized spacial score (nSPS) is 18.5. The molecule has 3 rings (SSSR count). The van der Waals surface area contributed by atoms with E-state index in [1.54, 1.807) is 0 Å². The lowest BCUT2D eigenvalue weighted by Gasteiger charge is -2.17. The lowest BCUT2D eigenvalue weighted by molar-refractivity contribution is -0.117. The van der Waals surface area contributed by atoms with Crippen molar-refractivity contribution in [2.24, 2.45) is 0 Å². The fraction of sp³-hybridized carbons (Fsp3) is 0.438. The zero-order valence-corrected chi connectivity index (χ0v) is 12.6. The van der Waals surface area contributed by atoms with Gasteiger partial charge in [0.05, 0.1) is 5.92 Å². The third-order valence-electron chi connectivity index (χ3n) is 3.79. The van der Waals surface area contributed by atoms with Crippen molar-refractivity contribution in [3.8, 4) is 0 Å². The Hall–Kier alpha value is -2.17. The van der Waals surface area contributed by atoms with Crippen LogP contribution in [-0.2, 0) is 11.2 Å². The number of amides is 1. The highest BCUT2D eigenvalue weighted by molar-refractivity contribution is 5.96. The Labute approximate surface area is 124 Å². The smallest absolute Gasteiger partial charge is 0.232 e. The molecule has 0 aliphatic carbocycles. The van der Waals surface area contributed by atoms with Crippen molar-refractivity contribution < 1.29 is 9.32 Å². The third kappa shape index (κ3) is 2.68. The lowest BCUT2D eigenvalue weighted by Crippen LogP contribution is -2.24. The molecule has 1 amide bonds. The number of anilines is 1. The second kappa shape index (κ2) is 5.31. The van der Waals surface area contributed by atoms with Crippen LogP contribution in [0.25, 0.3) is 0 Å². The van der Waals surface area contributed by atoms with Gasteiger partial charge in [0, 0.05) is 25.1 Å². The molecule has 5 nitrogen and oxygen atoms in total. The summed E-state index contributed by atoms with van der Waals surface area (Å²) in [5, 5.41) is 3.91. The molecule has 1 aliphatic heterocycles. The van der Waals surface area contributed by atoms with Crippen LogP contribution < -0.4 is 4.90 Å². The van der Waals surface area contributed by atoms with Crippen LogP contribution in [-0.4, -0.2) is 22.6 Å². The average Bonchev–Trinajstić information content (AvgIpc) is 3.03. The second-order valence-corrected chi connectivity index (χ2v) is 5.65. The second-order valence-electron chi connectivity index (χ2n) is 5.65. The molecule has 0 radical (unpaired) electrons. The van der Waals surface area contributed by atoms with Gasteiger partial charge in [0.2, 0.25) is 11.8 Å². The highest BCUT2D eigenvalue weighted by Crippen LogP contribution is 2.31. The minimum absolute atomic E-state index is 0.00822. The summed E-state index contributed by atoms with van der Waals surface area (Å²) in [6, 6.07) is 6.18. The van der Waals surface area contributed by atoms with Gasteiger partial charge in [-0.25, -0.2) is 0 Å². The molecule has 1 saturated heterocycles. The lowest BCUT2D eigenvalue weighted by atomic mass is 10.1. The zero-order valence-electron chi connectivity index (χ0n) is 12.6. The van der Waals surface area contributed by atoms with Gasteiger partial charge in [0.15, 0.2) is 5.82 Å². The predicted molar refractivity (Wildman–Crippen MR) is 79.3 cm³/mol. The Kier molecular flexibility index (Phi) is 3.49. The zero-order chi connectivity index (χ0) is 15.0. The summed E-state index contributed by atoms with van der Waals surface area (Å²) in [6.07, 6.45) is 1.17. The van der Waals surface area contributed by atoms with Gasteiger partial charge in [-0.3, -0.25) is 4.79 Å². The van der Waals surface area contributed by atoms with Crippen LogP contribution in [0.3, 0.4) is 0 Å². The van der Waals surface area contributed by atoms with Crippen molar-refractivity contribution in [2.45, 2.75) is 39.5 Å². The Balaban J connectivity index is 1.84. The van der Waals surface area contributed by atoms with Crippen LogP contribution in [0.5, 0.6) is 0 Å². The first-order chi connectivity index (χ1) is 10.1. The third-order valence-corrected chi connectivity index (χ3v) is 3.79. The van der Waals surface area contributed by atoms with Crippen LogP contribution in [0, 0.1) is 13.8 Å². The molecule has 0 bridgehead atoms. The monoisotopic (exact) mass is 285 g/mol. The fourth-order valence-electron chi connectivity index (χ4n) is 2.81. The van der Waals surface area contributed by atoms with E-state index in [1.165, 1.54) is 0 Å². The minimum Gasteiger partial charge on any atom is -0.339 e. The van der Waals surface area contributed by atoms with Crippen molar-refractivity contribution in [2.75, 3.05) is 11.4 Å². The van der Waals surface area contributed by atoms with E-state index < -0.39 is 0 Å². The van der Waals surface area contributed by atoms with Gasteiger partial charge in [0.25, 0.3) is 0 Å². The van der Waals surface area contributed by atoms with E-state index in [4.69, 9.17) is 4.52 Å². The molecule has 0 saturated carbocycles. The molecule has 1 aromatic carbocycles. The highest BCUT2D eigenvalue weighted by atomic mass is 16.5. The highest BCUT2D eigenvalue weighted by Gasteiger charge is 2.35. The van der Waals surface area contributed by atoms with E-state index in [9.17, 15) is 4.79 Å². The molecule has 5 heteroatoms. The number of nitrogens with zero attached hydrogens (tertiary/aromatic N) is 3. The van der Waals surface area contributed by atoms with Gasteiger partial charge in [0.1, 0.15) is 0 Å². The molecular formula is C16H19N3O2. The Bertz CT molecular complexity index is 658. The van der Waals surface area contributed by atoms with E-state index in [0.717, 1.165) is 23.2 Å². The predicted octanol–water partition coefficient (Wildman–Crippen LogP) is 2.77. The summed E-state index contributed by atoms with van der Waals surface area (Å²) in [6.45, 7) is 6.67. The first kappa shape index (κ1) is 13.8. The summed E-state index contributed by atoms with van der Waals surface area (Å²) < 4.78 is 5.28. The van der Waals surface area contributed by atoms with Crippen LogP contribution in [0.15, 0.2) is 22.7 Å². The summed E-state index contributed by atoms with van der Waals surface area (Å²) in [5.41, 5.74) is 3.27. The first-order valence-corrected chi connectivity index (χ1v) is 7.28. The molecule has 0 spiro atoms. The van der Waals surface area contributed by atoms with E-state index in [1.807, 2.05) is 37.8 Å². The van der Waals surface area contributed by atoms with Crippen LogP contribution in [0.2, 0.25) is 0 Å². The van der Waals surface area contributed by atoms with Gasteiger partial charge in [-0.05, 0) is 37.1 Å². The quantitative estimate of drug-likeness (QED) is 0.870. The van der Waals surface area contributed by atoms with Crippen LogP contribution in [0.4, 0.5) is 5.69 Å².